The molecule has 0 bridgehead atoms. The maximum absolute atomic E-state index is 13.0. The third-order valence-corrected chi connectivity index (χ3v) is 5.48. The number of hydrogen-bond acceptors (Lipinski definition) is 3. The molecule has 1 aromatic carbocycles. The van der Waals surface area contributed by atoms with Crippen LogP contribution in [0, 0.1) is 5.92 Å². The average molecular weight is 338 g/mol. The maximum atomic E-state index is 13.0. The smallest absolute Gasteiger partial charge is 0.269 e. The van der Waals surface area contributed by atoms with E-state index in [1.54, 1.807) is 4.68 Å². The summed E-state index contributed by atoms with van der Waals surface area (Å²) in [6.45, 7) is 1.10. The fraction of sp³-hybridized carbons (Fsp3) is 0.421. The number of fused-ring (bicyclic) bond motifs is 2. The van der Waals surface area contributed by atoms with Crippen LogP contribution in [0.4, 0.5) is 0 Å². The van der Waals surface area contributed by atoms with E-state index in [1.807, 2.05) is 18.0 Å². The molecular formula is C19H22N4O2. The van der Waals surface area contributed by atoms with Crippen LogP contribution >= 0.6 is 0 Å². The Morgan fingerprint density at radius 2 is 1.96 bits per heavy atom. The van der Waals surface area contributed by atoms with Crippen molar-refractivity contribution in [1.82, 2.24) is 14.7 Å². The summed E-state index contributed by atoms with van der Waals surface area (Å²) in [5.74, 6) is -0.331. The molecule has 0 saturated heterocycles. The maximum Gasteiger partial charge on any atom is 0.269 e. The number of aryl methyl sites for hydroxylation is 2. The van der Waals surface area contributed by atoms with Crippen molar-refractivity contribution in [2.45, 2.75) is 32.2 Å². The third kappa shape index (κ3) is 2.71. The molecule has 1 aliphatic carbocycles. The lowest BCUT2D eigenvalue weighted by atomic mass is 9.83. The molecule has 2 heterocycles. The largest absolute Gasteiger partial charge is 0.364 e. The molecule has 0 saturated carbocycles. The van der Waals surface area contributed by atoms with Crippen molar-refractivity contribution in [3.8, 4) is 0 Å². The molecule has 1 atom stereocenters. The van der Waals surface area contributed by atoms with Crippen molar-refractivity contribution in [3.63, 3.8) is 0 Å². The molecule has 2 aromatic rings. The van der Waals surface area contributed by atoms with Crippen LogP contribution < -0.4 is 5.73 Å². The molecule has 2 aliphatic rings. The van der Waals surface area contributed by atoms with Crippen molar-refractivity contribution in [2.75, 3.05) is 6.54 Å². The number of benzene rings is 1. The topological polar surface area (TPSA) is 81.2 Å². The first-order chi connectivity index (χ1) is 12.0. The molecule has 0 radical (unpaired) electrons. The van der Waals surface area contributed by atoms with Gasteiger partial charge in [0, 0.05) is 43.7 Å². The summed E-state index contributed by atoms with van der Waals surface area (Å²) in [6, 6.07) is 8.36. The third-order valence-electron chi connectivity index (χ3n) is 5.48. The van der Waals surface area contributed by atoms with E-state index >= 15 is 0 Å². The van der Waals surface area contributed by atoms with Gasteiger partial charge in [0.15, 0.2) is 5.69 Å². The van der Waals surface area contributed by atoms with Crippen LogP contribution in [-0.2, 0) is 37.6 Å². The number of hydrogen-bond donors (Lipinski definition) is 1. The Morgan fingerprint density at radius 3 is 2.72 bits per heavy atom. The number of nitrogens with zero attached hydrogens (tertiary/aromatic N) is 3. The van der Waals surface area contributed by atoms with Crippen LogP contribution in [0.2, 0.25) is 0 Å². The second kappa shape index (κ2) is 6.02. The Balaban J connectivity index is 1.54. The standard InChI is InChI=1S/C19H22N4O2/c1-22-16-8-9-23(11-15(16)17(21-22)18(20)24)19(25)14-7-6-12-4-2-3-5-13(12)10-14/h2-5,14H,6-11H2,1H3,(H2,20,24). The van der Waals surface area contributed by atoms with Gasteiger partial charge in [-0.2, -0.15) is 5.10 Å². The minimum atomic E-state index is -0.530. The van der Waals surface area contributed by atoms with Gasteiger partial charge in [0.1, 0.15) is 0 Å². The second-order valence-electron chi connectivity index (χ2n) is 6.98. The molecule has 0 spiro atoms. The van der Waals surface area contributed by atoms with E-state index in [0.717, 1.165) is 30.5 Å². The molecule has 6 heteroatoms. The summed E-state index contributed by atoms with van der Waals surface area (Å²) in [5.41, 5.74) is 10.2. The van der Waals surface area contributed by atoms with E-state index < -0.39 is 5.91 Å². The molecule has 4 rings (SSSR count). The fourth-order valence-corrected chi connectivity index (χ4v) is 4.15. The summed E-state index contributed by atoms with van der Waals surface area (Å²) in [4.78, 5) is 26.6. The van der Waals surface area contributed by atoms with Crippen molar-refractivity contribution in [3.05, 3.63) is 52.3 Å². The van der Waals surface area contributed by atoms with E-state index in [-0.39, 0.29) is 11.8 Å². The van der Waals surface area contributed by atoms with E-state index in [4.69, 9.17) is 5.73 Å². The predicted octanol–water partition coefficient (Wildman–Crippen LogP) is 1.21. The zero-order valence-corrected chi connectivity index (χ0v) is 14.4. The number of rotatable bonds is 2. The molecule has 2 N–H and O–H groups in total. The van der Waals surface area contributed by atoms with Crippen molar-refractivity contribution >= 4 is 11.8 Å². The van der Waals surface area contributed by atoms with Crippen LogP contribution in [0.25, 0.3) is 0 Å². The highest BCUT2D eigenvalue weighted by molar-refractivity contribution is 5.93. The number of carbonyl (C=O) groups excluding carboxylic acids is 2. The summed E-state index contributed by atoms with van der Waals surface area (Å²) in [7, 11) is 1.82. The Morgan fingerprint density at radius 1 is 1.20 bits per heavy atom. The molecule has 25 heavy (non-hydrogen) atoms. The zero-order chi connectivity index (χ0) is 17.6. The lowest BCUT2D eigenvalue weighted by Gasteiger charge is -2.33. The molecule has 1 aliphatic heterocycles. The van der Waals surface area contributed by atoms with Crippen molar-refractivity contribution in [2.24, 2.45) is 18.7 Å². The Kier molecular flexibility index (Phi) is 3.82. The SMILES string of the molecule is Cn1nc(C(N)=O)c2c1CCN(C(=O)C1CCc3ccccc3C1)C2. The van der Waals surface area contributed by atoms with Gasteiger partial charge < -0.3 is 10.6 Å². The van der Waals surface area contributed by atoms with Gasteiger partial charge in [-0.05, 0) is 30.4 Å². The van der Waals surface area contributed by atoms with Crippen LogP contribution in [0.15, 0.2) is 24.3 Å². The number of amides is 2. The lowest BCUT2D eigenvalue weighted by Crippen LogP contribution is -2.42. The first-order valence-electron chi connectivity index (χ1n) is 8.74. The lowest BCUT2D eigenvalue weighted by molar-refractivity contribution is -0.136. The summed E-state index contributed by atoms with van der Waals surface area (Å²) < 4.78 is 1.72. The normalized spacial score (nSPS) is 19.2. The highest BCUT2D eigenvalue weighted by Gasteiger charge is 2.33. The number of aromatic nitrogens is 2. The van der Waals surface area contributed by atoms with E-state index in [0.29, 0.717) is 25.2 Å². The molecule has 1 unspecified atom stereocenters. The minimum absolute atomic E-state index is 0.0187. The second-order valence-corrected chi connectivity index (χ2v) is 6.98. The zero-order valence-electron chi connectivity index (χ0n) is 14.4. The minimum Gasteiger partial charge on any atom is -0.364 e. The van der Waals surface area contributed by atoms with E-state index in [2.05, 4.69) is 23.3 Å². The Hall–Kier alpha value is -2.63. The van der Waals surface area contributed by atoms with Crippen molar-refractivity contribution < 1.29 is 9.59 Å². The highest BCUT2D eigenvalue weighted by atomic mass is 16.2. The summed E-state index contributed by atoms with van der Waals surface area (Å²) in [5, 5.41) is 4.23. The van der Waals surface area contributed by atoms with Gasteiger partial charge in [0.25, 0.3) is 5.91 Å². The van der Waals surface area contributed by atoms with E-state index in [1.165, 1.54) is 11.1 Å². The van der Waals surface area contributed by atoms with Gasteiger partial charge >= 0.3 is 0 Å². The van der Waals surface area contributed by atoms with Gasteiger partial charge in [0.2, 0.25) is 5.91 Å². The number of primary amides is 1. The van der Waals surface area contributed by atoms with Gasteiger partial charge in [-0.25, -0.2) is 0 Å². The van der Waals surface area contributed by atoms with Gasteiger partial charge in [-0.1, -0.05) is 24.3 Å². The first kappa shape index (κ1) is 15.9. The van der Waals surface area contributed by atoms with Gasteiger partial charge in [-0.3, -0.25) is 14.3 Å². The Labute approximate surface area is 146 Å². The molecule has 130 valence electrons. The summed E-state index contributed by atoms with van der Waals surface area (Å²) in [6.07, 6.45) is 3.34. The van der Waals surface area contributed by atoms with E-state index in [9.17, 15) is 9.59 Å². The molecule has 1 aromatic heterocycles. The monoisotopic (exact) mass is 338 g/mol. The van der Waals surface area contributed by atoms with Gasteiger partial charge in [-0.15, -0.1) is 0 Å². The number of carbonyl (C=O) groups is 2. The molecule has 2 amide bonds. The average Bonchev–Trinajstić information content (AvgIpc) is 2.97. The summed E-state index contributed by atoms with van der Waals surface area (Å²) >= 11 is 0. The molecule has 0 fully saturated rings. The quantitative estimate of drug-likeness (QED) is 0.893. The highest BCUT2D eigenvalue weighted by Crippen LogP contribution is 2.29. The van der Waals surface area contributed by atoms with Crippen molar-refractivity contribution in [1.29, 1.82) is 0 Å². The van der Waals surface area contributed by atoms with Crippen LogP contribution in [0.5, 0.6) is 0 Å². The molecule has 6 nitrogen and oxygen atoms in total. The van der Waals surface area contributed by atoms with Gasteiger partial charge in [0.05, 0.1) is 0 Å². The van der Waals surface area contributed by atoms with Crippen LogP contribution in [0.3, 0.4) is 0 Å². The van der Waals surface area contributed by atoms with Crippen LogP contribution in [-0.4, -0.2) is 33.0 Å². The number of nitrogens with two attached hydrogens (primary N) is 1. The first-order valence-corrected chi connectivity index (χ1v) is 8.74. The fourth-order valence-electron chi connectivity index (χ4n) is 4.15. The van der Waals surface area contributed by atoms with Crippen LogP contribution in [0.1, 0.15) is 39.3 Å². The Bertz CT molecular complexity index is 855. The predicted molar refractivity (Wildman–Crippen MR) is 92.8 cm³/mol. The molecular weight excluding hydrogens is 316 g/mol.